The third kappa shape index (κ3) is 4.75. The largest absolute Gasteiger partial charge is 0.366 e. The summed E-state index contributed by atoms with van der Waals surface area (Å²) in [6, 6.07) is 19.5. The number of hydrogen-bond donors (Lipinski definition) is 2. The Kier molecular flexibility index (Phi) is 6.41. The van der Waals surface area contributed by atoms with Crippen LogP contribution in [0.1, 0.15) is 21.5 Å². The van der Waals surface area contributed by atoms with Crippen LogP contribution in [0.25, 0.3) is 0 Å². The molecule has 3 rings (SSSR count). The third-order valence-corrected chi connectivity index (χ3v) is 6.70. The predicted molar refractivity (Wildman–Crippen MR) is 120 cm³/mol. The molecule has 0 saturated heterocycles. The highest BCUT2D eigenvalue weighted by molar-refractivity contribution is 7.92. The zero-order valence-corrected chi connectivity index (χ0v) is 18.0. The normalized spacial score (nSPS) is 11.0. The lowest BCUT2D eigenvalue weighted by Gasteiger charge is -2.26. The van der Waals surface area contributed by atoms with Gasteiger partial charge in [-0.25, -0.2) is 8.42 Å². The van der Waals surface area contributed by atoms with Gasteiger partial charge in [-0.15, -0.1) is 0 Å². The molecule has 0 aromatic heterocycles. The fraction of sp³-hybridized carbons (Fsp3) is 0.130. The maximum Gasteiger partial charge on any atom is 0.264 e. The Morgan fingerprint density at radius 2 is 1.55 bits per heavy atom. The number of sulfonamides is 1. The van der Waals surface area contributed by atoms with Crippen LogP contribution in [0.2, 0.25) is 0 Å². The summed E-state index contributed by atoms with van der Waals surface area (Å²) in [4.78, 5) is 24.6. The molecule has 2 amide bonds. The number of nitrogens with zero attached hydrogens (tertiary/aromatic N) is 1. The smallest absolute Gasteiger partial charge is 0.264 e. The first kappa shape index (κ1) is 22.0. The zero-order chi connectivity index (χ0) is 22.6. The molecule has 3 aromatic carbocycles. The Balaban J connectivity index is 2.01. The lowest BCUT2D eigenvalue weighted by Crippen LogP contribution is -2.38. The molecule has 3 N–H and O–H groups in total. The van der Waals surface area contributed by atoms with Crippen LogP contribution < -0.4 is 15.4 Å². The zero-order valence-electron chi connectivity index (χ0n) is 17.2. The van der Waals surface area contributed by atoms with Gasteiger partial charge in [-0.05, 0) is 55.3 Å². The topological polar surface area (TPSA) is 110 Å². The van der Waals surface area contributed by atoms with E-state index in [0.29, 0.717) is 5.69 Å². The maximum atomic E-state index is 13.4. The summed E-state index contributed by atoms with van der Waals surface area (Å²) in [6.45, 7) is 3.20. The van der Waals surface area contributed by atoms with Gasteiger partial charge in [0.15, 0.2) is 0 Å². The average Bonchev–Trinajstić information content (AvgIpc) is 2.75. The van der Waals surface area contributed by atoms with Gasteiger partial charge in [-0.3, -0.25) is 13.9 Å². The molecular formula is C23H23N3O4S. The Labute approximate surface area is 181 Å². The van der Waals surface area contributed by atoms with E-state index in [1.807, 2.05) is 13.0 Å². The van der Waals surface area contributed by atoms with Gasteiger partial charge in [0.25, 0.3) is 15.9 Å². The Morgan fingerprint density at radius 3 is 2.23 bits per heavy atom. The minimum Gasteiger partial charge on any atom is -0.366 e. The first-order chi connectivity index (χ1) is 14.7. The van der Waals surface area contributed by atoms with Gasteiger partial charge in [0.05, 0.1) is 21.8 Å². The average molecular weight is 438 g/mol. The van der Waals surface area contributed by atoms with E-state index < -0.39 is 28.4 Å². The summed E-state index contributed by atoms with van der Waals surface area (Å²) < 4.78 is 27.9. The summed E-state index contributed by atoms with van der Waals surface area (Å²) >= 11 is 0. The molecule has 0 unspecified atom stereocenters. The van der Waals surface area contributed by atoms with Crippen molar-refractivity contribution >= 4 is 33.2 Å². The van der Waals surface area contributed by atoms with Crippen LogP contribution in [-0.2, 0) is 14.8 Å². The molecule has 8 heteroatoms. The number of para-hydroxylation sites is 1. The highest BCUT2D eigenvalue weighted by Gasteiger charge is 2.28. The second kappa shape index (κ2) is 9.01. The lowest BCUT2D eigenvalue weighted by atomic mass is 10.1. The Bertz CT molecular complexity index is 1220. The molecule has 0 saturated carbocycles. The molecule has 0 atom stereocenters. The van der Waals surface area contributed by atoms with Gasteiger partial charge in [0.2, 0.25) is 5.91 Å². The number of aryl methyl sites for hydroxylation is 1. The second-order valence-electron chi connectivity index (χ2n) is 7.00. The monoisotopic (exact) mass is 437 g/mol. The second-order valence-corrected chi connectivity index (χ2v) is 8.86. The van der Waals surface area contributed by atoms with E-state index >= 15 is 0 Å². The van der Waals surface area contributed by atoms with Gasteiger partial charge >= 0.3 is 0 Å². The van der Waals surface area contributed by atoms with Gasteiger partial charge in [0.1, 0.15) is 6.54 Å². The molecule has 31 heavy (non-hydrogen) atoms. The number of benzene rings is 3. The van der Waals surface area contributed by atoms with Crippen molar-refractivity contribution in [2.75, 3.05) is 16.2 Å². The molecule has 0 aliphatic rings. The van der Waals surface area contributed by atoms with E-state index in [1.165, 1.54) is 24.3 Å². The first-order valence-electron chi connectivity index (χ1n) is 9.54. The molecular weight excluding hydrogens is 414 g/mol. The molecule has 0 radical (unpaired) electrons. The summed E-state index contributed by atoms with van der Waals surface area (Å²) in [6.07, 6.45) is 0. The van der Waals surface area contributed by atoms with Crippen molar-refractivity contribution < 1.29 is 18.0 Å². The highest BCUT2D eigenvalue weighted by atomic mass is 32.2. The van der Waals surface area contributed by atoms with Crippen LogP contribution in [0.3, 0.4) is 0 Å². The van der Waals surface area contributed by atoms with Crippen LogP contribution in [0.4, 0.5) is 11.4 Å². The number of nitrogens with two attached hydrogens (primary N) is 1. The lowest BCUT2D eigenvalue weighted by molar-refractivity contribution is -0.114. The van der Waals surface area contributed by atoms with Crippen LogP contribution in [0, 0.1) is 13.8 Å². The van der Waals surface area contributed by atoms with Gasteiger partial charge < -0.3 is 11.1 Å². The summed E-state index contributed by atoms with van der Waals surface area (Å²) in [5.41, 5.74) is 7.77. The quantitative estimate of drug-likeness (QED) is 0.591. The highest BCUT2D eigenvalue weighted by Crippen LogP contribution is 2.28. The minimum absolute atomic E-state index is 0.0706. The van der Waals surface area contributed by atoms with Crippen molar-refractivity contribution in [1.29, 1.82) is 0 Å². The molecule has 0 aliphatic carbocycles. The number of rotatable bonds is 7. The molecule has 0 heterocycles. The fourth-order valence-corrected chi connectivity index (χ4v) is 4.65. The number of anilines is 2. The number of primary amides is 1. The third-order valence-electron chi connectivity index (χ3n) is 4.93. The van der Waals surface area contributed by atoms with Crippen molar-refractivity contribution in [2.45, 2.75) is 18.7 Å². The molecule has 7 nitrogen and oxygen atoms in total. The molecule has 0 fully saturated rings. The molecule has 0 spiro atoms. The van der Waals surface area contributed by atoms with E-state index in [9.17, 15) is 18.0 Å². The summed E-state index contributed by atoms with van der Waals surface area (Å²) in [5.74, 6) is -1.30. The minimum atomic E-state index is -4.03. The SMILES string of the molecule is Cc1cccc(N(CC(=O)Nc2ccccc2C(N)=O)S(=O)(=O)c2ccccc2)c1C. The van der Waals surface area contributed by atoms with Crippen molar-refractivity contribution in [3.05, 3.63) is 89.5 Å². The Morgan fingerprint density at radius 1 is 0.903 bits per heavy atom. The molecule has 0 bridgehead atoms. The van der Waals surface area contributed by atoms with Crippen molar-refractivity contribution in [3.8, 4) is 0 Å². The molecule has 0 aliphatic heterocycles. The van der Waals surface area contributed by atoms with Gasteiger partial charge in [-0.1, -0.05) is 42.5 Å². The van der Waals surface area contributed by atoms with Gasteiger partial charge in [-0.2, -0.15) is 0 Å². The van der Waals surface area contributed by atoms with Crippen molar-refractivity contribution in [3.63, 3.8) is 0 Å². The van der Waals surface area contributed by atoms with Crippen LogP contribution >= 0.6 is 0 Å². The van der Waals surface area contributed by atoms with Crippen molar-refractivity contribution in [2.24, 2.45) is 5.73 Å². The van der Waals surface area contributed by atoms with Crippen LogP contribution in [0.15, 0.2) is 77.7 Å². The fourth-order valence-electron chi connectivity index (χ4n) is 3.15. The van der Waals surface area contributed by atoms with Crippen molar-refractivity contribution in [1.82, 2.24) is 0 Å². The number of carbonyl (C=O) groups excluding carboxylic acids is 2. The standard InChI is InChI=1S/C23H23N3O4S/c1-16-9-8-14-21(17(16)2)26(31(29,30)18-10-4-3-5-11-18)15-22(27)25-20-13-7-6-12-19(20)23(24)28/h3-14H,15H2,1-2H3,(H2,24,28)(H,25,27). The number of amides is 2. The van der Waals surface area contributed by atoms with E-state index in [2.05, 4.69) is 5.32 Å². The summed E-state index contributed by atoms with van der Waals surface area (Å²) in [7, 11) is -4.03. The molecule has 3 aromatic rings. The van der Waals surface area contributed by atoms with E-state index in [1.54, 1.807) is 49.4 Å². The number of hydrogen-bond acceptors (Lipinski definition) is 4. The predicted octanol–water partition coefficient (Wildman–Crippen LogP) is 3.24. The van der Waals surface area contributed by atoms with Crippen LogP contribution in [0.5, 0.6) is 0 Å². The summed E-state index contributed by atoms with van der Waals surface area (Å²) in [5, 5.41) is 2.60. The Hall–Kier alpha value is -3.65. The number of nitrogens with one attached hydrogen (secondary N) is 1. The van der Waals surface area contributed by atoms with Gasteiger partial charge in [0, 0.05) is 0 Å². The van der Waals surface area contributed by atoms with E-state index in [-0.39, 0.29) is 16.1 Å². The van der Waals surface area contributed by atoms with Crippen LogP contribution in [-0.4, -0.2) is 26.8 Å². The molecule has 160 valence electrons. The maximum absolute atomic E-state index is 13.4. The first-order valence-corrected chi connectivity index (χ1v) is 11.0. The van der Waals surface area contributed by atoms with E-state index in [0.717, 1.165) is 15.4 Å². The number of carbonyl (C=O) groups is 2. The van der Waals surface area contributed by atoms with E-state index in [4.69, 9.17) is 5.73 Å².